The highest BCUT2D eigenvalue weighted by atomic mass is 32.2. The van der Waals surface area contributed by atoms with E-state index in [-0.39, 0.29) is 17.2 Å². The highest BCUT2D eigenvalue weighted by Crippen LogP contribution is 2.28. The van der Waals surface area contributed by atoms with Crippen LogP contribution < -0.4 is 10.1 Å². The Morgan fingerprint density at radius 1 is 1.25 bits per heavy atom. The van der Waals surface area contributed by atoms with Crippen molar-refractivity contribution in [1.29, 1.82) is 0 Å². The average molecular weight is 400 g/mol. The third kappa shape index (κ3) is 5.72. The molecule has 6 heteroatoms. The number of hydrogen-bond donors (Lipinski definition) is 1. The van der Waals surface area contributed by atoms with Crippen molar-refractivity contribution in [3.63, 3.8) is 0 Å². The zero-order valence-electron chi connectivity index (χ0n) is 16.6. The molecule has 2 atom stereocenters. The lowest BCUT2D eigenvalue weighted by Gasteiger charge is -2.33. The van der Waals surface area contributed by atoms with Gasteiger partial charge in [0.25, 0.3) is 0 Å². The zero-order valence-corrected chi connectivity index (χ0v) is 17.5. The van der Waals surface area contributed by atoms with Crippen LogP contribution in [0.2, 0.25) is 0 Å². The van der Waals surface area contributed by atoms with Crippen LogP contribution in [-0.2, 0) is 11.3 Å². The summed E-state index contributed by atoms with van der Waals surface area (Å²) in [6, 6.07) is 14.0. The number of thioether (sulfide) groups is 1. The number of rotatable bonds is 7. The quantitative estimate of drug-likeness (QED) is 0.719. The summed E-state index contributed by atoms with van der Waals surface area (Å²) in [5.74, 6) is 1.00. The molecule has 2 aromatic rings. The highest BCUT2D eigenvalue weighted by Gasteiger charge is 2.29. The minimum absolute atomic E-state index is 0.159. The second-order valence-electron chi connectivity index (χ2n) is 7.06. The zero-order chi connectivity index (χ0) is 19.8. The van der Waals surface area contributed by atoms with Crippen molar-refractivity contribution in [3.05, 3.63) is 54.4 Å². The van der Waals surface area contributed by atoms with Gasteiger partial charge in [0.1, 0.15) is 5.75 Å². The van der Waals surface area contributed by atoms with Gasteiger partial charge in [-0.25, -0.2) is 0 Å². The molecule has 0 spiro atoms. The molecule has 5 nitrogen and oxygen atoms in total. The Morgan fingerprint density at radius 3 is 2.79 bits per heavy atom. The molecule has 150 valence electrons. The van der Waals surface area contributed by atoms with Gasteiger partial charge in [0.05, 0.1) is 24.6 Å². The van der Waals surface area contributed by atoms with Crippen LogP contribution in [0.5, 0.6) is 5.75 Å². The summed E-state index contributed by atoms with van der Waals surface area (Å²) in [6.45, 7) is 4.55. The van der Waals surface area contributed by atoms with Gasteiger partial charge in [-0.2, -0.15) is 0 Å². The van der Waals surface area contributed by atoms with Gasteiger partial charge in [0, 0.05) is 17.1 Å². The summed E-state index contributed by atoms with van der Waals surface area (Å²) in [5.41, 5.74) is 0.940. The monoisotopic (exact) mass is 399 g/mol. The first kappa shape index (κ1) is 20.7. The van der Waals surface area contributed by atoms with Gasteiger partial charge >= 0.3 is 0 Å². The van der Waals surface area contributed by atoms with Crippen LogP contribution in [0.3, 0.4) is 0 Å². The third-order valence-electron chi connectivity index (χ3n) is 5.05. The van der Waals surface area contributed by atoms with Crippen LogP contribution in [0.1, 0.15) is 31.9 Å². The molecule has 1 N–H and O–H groups in total. The standard InChI is InChI=1S/C22H29N3O2S/c1-17(28-21-10-8-20(27-2)9-11-21)22(26)25(16-18-6-3-4-14-24-18)19-7-5-13-23-15-12-19/h3-4,6,8-11,14,17,19,23H,5,7,12-13,15-16H2,1-2H3. The van der Waals surface area contributed by atoms with Crippen LogP contribution in [0.4, 0.5) is 0 Å². The number of carbonyl (C=O) groups excluding carboxylic acids is 1. The first-order valence-electron chi connectivity index (χ1n) is 9.89. The van der Waals surface area contributed by atoms with Gasteiger partial charge in [0.2, 0.25) is 5.91 Å². The molecule has 2 unspecified atom stereocenters. The number of amides is 1. The van der Waals surface area contributed by atoms with Crippen molar-refractivity contribution in [2.24, 2.45) is 0 Å². The molecular formula is C22H29N3O2S. The van der Waals surface area contributed by atoms with Gasteiger partial charge in [-0.15, -0.1) is 11.8 Å². The summed E-state index contributed by atoms with van der Waals surface area (Å²) in [4.78, 5) is 21.0. The van der Waals surface area contributed by atoms with Crippen molar-refractivity contribution < 1.29 is 9.53 Å². The molecule has 1 fully saturated rings. The molecule has 3 rings (SSSR count). The predicted octanol–water partition coefficient (Wildman–Crippen LogP) is 3.74. The smallest absolute Gasteiger partial charge is 0.236 e. The van der Waals surface area contributed by atoms with E-state index in [0.717, 1.165) is 48.7 Å². The van der Waals surface area contributed by atoms with E-state index in [0.29, 0.717) is 6.54 Å². The molecule has 1 aliphatic heterocycles. The number of carbonyl (C=O) groups is 1. The Kier molecular flexibility index (Phi) is 7.74. The molecule has 2 heterocycles. The Morgan fingerprint density at radius 2 is 2.07 bits per heavy atom. The first-order chi connectivity index (χ1) is 13.7. The molecule has 1 aliphatic rings. The fourth-order valence-corrected chi connectivity index (χ4v) is 4.45. The Balaban J connectivity index is 1.73. The van der Waals surface area contributed by atoms with Crippen molar-refractivity contribution in [1.82, 2.24) is 15.2 Å². The summed E-state index contributed by atoms with van der Waals surface area (Å²) in [6.07, 6.45) is 4.91. The molecule has 0 bridgehead atoms. The summed E-state index contributed by atoms with van der Waals surface area (Å²) in [7, 11) is 1.66. The molecule has 0 radical (unpaired) electrons. The molecule has 1 aromatic carbocycles. The number of aromatic nitrogens is 1. The lowest BCUT2D eigenvalue weighted by molar-refractivity contribution is -0.133. The van der Waals surface area contributed by atoms with E-state index in [1.807, 2.05) is 49.4 Å². The van der Waals surface area contributed by atoms with Crippen LogP contribution >= 0.6 is 11.8 Å². The SMILES string of the molecule is COc1ccc(SC(C)C(=O)N(Cc2ccccn2)C2CCCNCC2)cc1. The summed E-state index contributed by atoms with van der Waals surface area (Å²) >= 11 is 1.60. The summed E-state index contributed by atoms with van der Waals surface area (Å²) in [5, 5.41) is 3.29. The lowest BCUT2D eigenvalue weighted by Crippen LogP contribution is -2.44. The number of nitrogens with one attached hydrogen (secondary N) is 1. The first-order valence-corrected chi connectivity index (χ1v) is 10.8. The number of methoxy groups -OCH3 is 1. The largest absolute Gasteiger partial charge is 0.497 e. The van der Waals surface area contributed by atoms with Crippen molar-refractivity contribution in [2.75, 3.05) is 20.2 Å². The molecule has 0 saturated carbocycles. The highest BCUT2D eigenvalue weighted by molar-refractivity contribution is 8.00. The normalized spacial score (nSPS) is 18.1. The van der Waals surface area contributed by atoms with Crippen LogP contribution in [0.25, 0.3) is 0 Å². The van der Waals surface area contributed by atoms with Crippen molar-refractivity contribution in [3.8, 4) is 5.75 Å². The Bertz CT molecular complexity index is 731. The van der Waals surface area contributed by atoms with Crippen molar-refractivity contribution in [2.45, 2.75) is 48.9 Å². The molecule has 1 amide bonds. The van der Waals surface area contributed by atoms with E-state index in [1.54, 1.807) is 25.1 Å². The lowest BCUT2D eigenvalue weighted by atomic mass is 10.1. The third-order valence-corrected chi connectivity index (χ3v) is 6.15. The molecule has 1 saturated heterocycles. The maximum Gasteiger partial charge on any atom is 0.236 e. The van der Waals surface area contributed by atoms with Gasteiger partial charge in [-0.1, -0.05) is 6.07 Å². The minimum atomic E-state index is -0.159. The second kappa shape index (κ2) is 10.5. The molecule has 1 aromatic heterocycles. The fourth-order valence-electron chi connectivity index (χ4n) is 3.51. The van der Waals surface area contributed by atoms with Crippen molar-refractivity contribution >= 4 is 17.7 Å². The number of pyridine rings is 1. The maximum absolute atomic E-state index is 13.4. The van der Waals surface area contributed by atoms with Gasteiger partial charge in [-0.3, -0.25) is 9.78 Å². The topological polar surface area (TPSA) is 54.5 Å². The predicted molar refractivity (Wildman–Crippen MR) is 114 cm³/mol. The Hall–Kier alpha value is -2.05. The number of nitrogens with zero attached hydrogens (tertiary/aromatic N) is 2. The van der Waals surface area contributed by atoms with E-state index in [4.69, 9.17) is 4.74 Å². The van der Waals surface area contributed by atoms with Crippen LogP contribution in [0, 0.1) is 0 Å². The fraction of sp³-hybridized carbons (Fsp3) is 0.455. The minimum Gasteiger partial charge on any atom is -0.497 e. The average Bonchev–Trinajstić information content (AvgIpc) is 3.02. The number of ether oxygens (including phenoxy) is 1. The van der Waals surface area contributed by atoms with Gasteiger partial charge in [-0.05, 0) is 75.7 Å². The summed E-state index contributed by atoms with van der Waals surface area (Å²) < 4.78 is 5.22. The van der Waals surface area contributed by atoms with E-state index >= 15 is 0 Å². The van der Waals surface area contributed by atoms with E-state index in [1.165, 1.54) is 0 Å². The van der Waals surface area contributed by atoms with Gasteiger partial charge < -0.3 is 15.0 Å². The number of benzene rings is 1. The molecule has 0 aliphatic carbocycles. The number of hydrogen-bond acceptors (Lipinski definition) is 5. The Labute approximate surface area is 171 Å². The van der Waals surface area contributed by atoms with E-state index in [2.05, 4.69) is 15.2 Å². The van der Waals surface area contributed by atoms with E-state index < -0.39 is 0 Å². The molecular weight excluding hydrogens is 370 g/mol. The van der Waals surface area contributed by atoms with Gasteiger partial charge in [0.15, 0.2) is 0 Å². The van der Waals surface area contributed by atoms with E-state index in [9.17, 15) is 4.79 Å². The van der Waals surface area contributed by atoms with Crippen LogP contribution in [0.15, 0.2) is 53.6 Å². The molecule has 28 heavy (non-hydrogen) atoms. The maximum atomic E-state index is 13.4. The van der Waals surface area contributed by atoms with Crippen LogP contribution in [-0.4, -0.2) is 47.3 Å². The second-order valence-corrected chi connectivity index (χ2v) is 8.47.